The summed E-state index contributed by atoms with van der Waals surface area (Å²) < 4.78 is 6.36. The van der Waals surface area contributed by atoms with Crippen molar-refractivity contribution in [3.63, 3.8) is 0 Å². The maximum Gasteiger partial charge on any atom is 0.273 e. The third kappa shape index (κ3) is 4.20. The lowest BCUT2D eigenvalue weighted by Crippen LogP contribution is -2.28. The van der Waals surface area contributed by atoms with Gasteiger partial charge in [0.15, 0.2) is 11.5 Å². The largest absolute Gasteiger partial charge is 0.350 e. The third-order valence-corrected chi connectivity index (χ3v) is 4.36. The van der Waals surface area contributed by atoms with Gasteiger partial charge in [-0.15, -0.1) is 5.10 Å². The highest BCUT2D eigenvalue weighted by molar-refractivity contribution is 6.36. The molecular weight excluding hydrogens is 379 g/mol. The molecule has 1 atom stereocenters. The van der Waals surface area contributed by atoms with Crippen LogP contribution in [-0.2, 0) is 6.54 Å². The van der Waals surface area contributed by atoms with Gasteiger partial charge in [0.1, 0.15) is 6.54 Å². The molecule has 0 aliphatic rings. The van der Waals surface area contributed by atoms with Crippen LogP contribution in [0.3, 0.4) is 0 Å². The highest BCUT2D eigenvalue weighted by atomic mass is 35.5. The normalized spacial score (nSPS) is 12.2. The van der Waals surface area contributed by atoms with E-state index in [1.54, 1.807) is 25.1 Å². The first-order valence-electron chi connectivity index (χ1n) is 7.85. The second kappa shape index (κ2) is 7.84. The summed E-state index contributed by atoms with van der Waals surface area (Å²) in [4.78, 5) is 16.4. The average Bonchev–Trinajstić information content (AvgIpc) is 3.22. The summed E-state index contributed by atoms with van der Waals surface area (Å²) in [6, 6.07) is 5.32. The Kier molecular flexibility index (Phi) is 5.53. The Hall–Kier alpha value is -2.45. The molecule has 136 valence electrons. The van der Waals surface area contributed by atoms with Gasteiger partial charge >= 0.3 is 0 Å². The van der Waals surface area contributed by atoms with E-state index in [4.69, 9.17) is 27.7 Å². The predicted molar refractivity (Wildman–Crippen MR) is 95.4 cm³/mol. The summed E-state index contributed by atoms with van der Waals surface area (Å²) in [5.41, 5.74) is 0.995. The molecule has 0 aliphatic heterocycles. The number of nitrogens with one attached hydrogen (secondary N) is 1. The van der Waals surface area contributed by atoms with Crippen molar-refractivity contribution in [2.75, 3.05) is 6.54 Å². The van der Waals surface area contributed by atoms with Crippen molar-refractivity contribution < 1.29 is 9.32 Å². The lowest BCUT2D eigenvalue weighted by molar-refractivity contribution is 0.0946. The van der Waals surface area contributed by atoms with E-state index >= 15 is 0 Å². The van der Waals surface area contributed by atoms with Crippen LogP contribution in [0.15, 0.2) is 28.9 Å². The first-order chi connectivity index (χ1) is 12.4. The molecule has 0 fully saturated rings. The van der Waals surface area contributed by atoms with Crippen molar-refractivity contribution in [1.29, 1.82) is 0 Å². The molecule has 2 heterocycles. The van der Waals surface area contributed by atoms with E-state index in [9.17, 15) is 4.79 Å². The van der Waals surface area contributed by atoms with Gasteiger partial charge in [-0.25, -0.2) is 4.68 Å². The number of carbonyl (C=O) groups is 1. The minimum absolute atomic E-state index is 0.0579. The zero-order valence-corrected chi connectivity index (χ0v) is 15.6. The minimum Gasteiger partial charge on any atom is -0.350 e. The highest BCUT2D eigenvalue weighted by Crippen LogP contribution is 2.30. The zero-order valence-electron chi connectivity index (χ0n) is 14.1. The van der Waals surface area contributed by atoms with Gasteiger partial charge in [-0.05, 0) is 17.7 Å². The van der Waals surface area contributed by atoms with Crippen molar-refractivity contribution in [2.24, 2.45) is 0 Å². The number of amides is 1. The number of benzene rings is 1. The van der Waals surface area contributed by atoms with E-state index in [1.807, 2.05) is 6.92 Å². The number of rotatable bonds is 6. The SMILES string of the molecule is Cc1nc(Cn2cc(C(=O)NCC(C)c3c(Cl)cccc3Cl)nn2)no1. The molecule has 3 aromatic rings. The molecule has 10 heteroatoms. The summed E-state index contributed by atoms with van der Waals surface area (Å²) in [5.74, 6) is 0.528. The van der Waals surface area contributed by atoms with E-state index in [0.29, 0.717) is 28.3 Å². The predicted octanol–water partition coefficient (Wildman–Crippen LogP) is 2.86. The molecule has 0 spiro atoms. The van der Waals surface area contributed by atoms with E-state index in [0.717, 1.165) is 5.56 Å². The van der Waals surface area contributed by atoms with Crippen LogP contribution in [0.4, 0.5) is 0 Å². The van der Waals surface area contributed by atoms with Gasteiger partial charge < -0.3 is 9.84 Å². The van der Waals surface area contributed by atoms with Gasteiger partial charge in [0.25, 0.3) is 5.91 Å². The standard InChI is InChI=1S/C16H16Cl2N6O2/c1-9(15-11(17)4-3-5-12(15)18)6-19-16(25)13-7-24(23-21-13)8-14-20-10(2)26-22-14/h3-5,7,9H,6,8H2,1-2H3,(H,19,25). The highest BCUT2D eigenvalue weighted by Gasteiger charge is 2.17. The molecule has 1 unspecified atom stereocenters. The molecule has 0 radical (unpaired) electrons. The number of hydrogen-bond acceptors (Lipinski definition) is 6. The average molecular weight is 395 g/mol. The number of carbonyl (C=O) groups excluding carboxylic acids is 1. The van der Waals surface area contributed by atoms with Crippen molar-refractivity contribution in [3.05, 3.63) is 57.4 Å². The van der Waals surface area contributed by atoms with Crippen LogP contribution in [-0.4, -0.2) is 37.6 Å². The van der Waals surface area contributed by atoms with Gasteiger partial charge in [0.05, 0.1) is 6.20 Å². The van der Waals surface area contributed by atoms with Crippen LogP contribution in [0.5, 0.6) is 0 Å². The summed E-state index contributed by atoms with van der Waals surface area (Å²) in [6.45, 7) is 4.26. The number of halogens is 2. The lowest BCUT2D eigenvalue weighted by Gasteiger charge is -2.15. The third-order valence-electron chi connectivity index (χ3n) is 3.71. The number of aryl methyl sites for hydroxylation is 1. The quantitative estimate of drug-likeness (QED) is 0.689. The van der Waals surface area contributed by atoms with Crippen molar-refractivity contribution in [3.8, 4) is 0 Å². The smallest absolute Gasteiger partial charge is 0.273 e. The molecule has 1 N–H and O–H groups in total. The van der Waals surface area contributed by atoms with Crippen LogP contribution in [0.1, 0.15) is 40.6 Å². The molecule has 0 saturated carbocycles. The topological polar surface area (TPSA) is 98.7 Å². The van der Waals surface area contributed by atoms with Gasteiger partial charge in [-0.1, -0.05) is 46.6 Å². The zero-order chi connectivity index (χ0) is 18.7. The molecule has 2 aromatic heterocycles. The van der Waals surface area contributed by atoms with Gasteiger partial charge in [0.2, 0.25) is 5.89 Å². The minimum atomic E-state index is -0.337. The van der Waals surface area contributed by atoms with Crippen LogP contribution >= 0.6 is 23.2 Å². The second-order valence-electron chi connectivity index (χ2n) is 5.78. The Labute approximate surface area is 159 Å². The molecular formula is C16H16Cl2N6O2. The molecule has 0 aliphatic carbocycles. The molecule has 26 heavy (non-hydrogen) atoms. The van der Waals surface area contributed by atoms with Gasteiger partial charge in [-0.3, -0.25) is 4.79 Å². The molecule has 0 saturated heterocycles. The first-order valence-corrected chi connectivity index (χ1v) is 8.61. The summed E-state index contributed by atoms with van der Waals surface area (Å²) >= 11 is 12.4. The maximum absolute atomic E-state index is 12.3. The number of aromatic nitrogens is 5. The van der Waals surface area contributed by atoms with Crippen molar-refractivity contribution in [1.82, 2.24) is 30.5 Å². The molecule has 1 aromatic carbocycles. The first kappa shape index (κ1) is 18.3. The number of hydrogen-bond donors (Lipinski definition) is 1. The summed E-state index contributed by atoms with van der Waals surface area (Å²) in [7, 11) is 0. The fourth-order valence-corrected chi connectivity index (χ4v) is 3.22. The van der Waals surface area contributed by atoms with E-state index in [2.05, 4.69) is 25.8 Å². The Bertz CT molecular complexity index is 903. The Balaban J connectivity index is 1.60. The maximum atomic E-state index is 12.3. The lowest BCUT2D eigenvalue weighted by atomic mass is 10.0. The van der Waals surface area contributed by atoms with Gasteiger partial charge in [-0.2, -0.15) is 4.98 Å². The Morgan fingerprint density at radius 1 is 1.35 bits per heavy atom. The van der Waals surface area contributed by atoms with Crippen molar-refractivity contribution >= 4 is 29.1 Å². The van der Waals surface area contributed by atoms with Crippen molar-refractivity contribution in [2.45, 2.75) is 26.3 Å². The summed E-state index contributed by atoms with van der Waals surface area (Å²) in [5, 5.41) is 15.5. The molecule has 3 rings (SSSR count). The summed E-state index contributed by atoms with van der Waals surface area (Å²) in [6.07, 6.45) is 1.52. The Morgan fingerprint density at radius 2 is 2.08 bits per heavy atom. The van der Waals surface area contributed by atoms with Crippen LogP contribution in [0.2, 0.25) is 10.0 Å². The van der Waals surface area contributed by atoms with E-state index in [-0.39, 0.29) is 24.1 Å². The van der Waals surface area contributed by atoms with Gasteiger partial charge in [0, 0.05) is 29.4 Å². The fraction of sp³-hybridized carbons (Fsp3) is 0.312. The van der Waals surface area contributed by atoms with Crippen LogP contribution in [0, 0.1) is 6.92 Å². The molecule has 0 bridgehead atoms. The second-order valence-corrected chi connectivity index (χ2v) is 6.59. The molecule has 1 amide bonds. The Morgan fingerprint density at radius 3 is 2.73 bits per heavy atom. The van der Waals surface area contributed by atoms with E-state index in [1.165, 1.54) is 10.9 Å². The van der Waals surface area contributed by atoms with Crippen LogP contribution in [0.25, 0.3) is 0 Å². The van der Waals surface area contributed by atoms with E-state index < -0.39 is 0 Å². The monoisotopic (exact) mass is 394 g/mol. The fourth-order valence-electron chi connectivity index (χ4n) is 2.45. The molecule has 8 nitrogen and oxygen atoms in total. The number of nitrogens with zero attached hydrogens (tertiary/aromatic N) is 5. The van der Waals surface area contributed by atoms with Crippen LogP contribution < -0.4 is 5.32 Å².